The van der Waals surface area contributed by atoms with Crippen molar-refractivity contribution in [2.75, 3.05) is 19.7 Å². The lowest BCUT2D eigenvalue weighted by Gasteiger charge is -2.31. The fourth-order valence-corrected chi connectivity index (χ4v) is 3.55. The van der Waals surface area contributed by atoms with Crippen LogP contribution in [0, 0.1) is 13.8 Å². The lowest BCUT2D eigenvalue weighted by Crippen LogP contribution is -2.48. The summed E-state index contributed by atoms with van der Waals surface area (Å²) in [6.07, 6.45) is 1.79. The standard InChI is InChI=1S/C19H26N4O4/c1-11(2)23-18-15(9-20-23)12(3)14(13(4)21-18)5-6-17(24)22-7-8-27-16(10-22)19(25)26/h9,11,16H,5-8,10H2,1-4H3,(H,25,26)/t16-/m0/s1. The molecule has 0 bridgehead atoms. The van der Waals surface area contributed by atoms with Gasteiger partial charge in [0.1, 0.15) is 0 Å². The second-order valence-corrected chi connectivity index (χ2v) is 7.26. The quantitative estimate of drug-likeness (QED) is 0.858. The van der Waals surface area contributed by atoms with Crippen LogP contribution in [0.25, 0.3) is 11.0 Å². The third-order valence-electron chi connectivity index (χ3n) is 5.11. The van der Waals surface area contributed by atoms with Crippen LogP contribution in [0.3, 0.4) is 0 Å². The molecule has 0 saturated carbocycles. The summed E-state index contributed by atoms with van der Waals surface area (Å²) in [5.74, 6) is -1.09. The van der Waals surface area contributed by atoms with Gasteiger partial charge in [-0.1, -0.05) is 0 Å². The Morgan fingerprint density at radius 1 is 1.37 bits per heavy atom. The van der Waals surface area contributed by atoms with Gasteiger partial charge in [0.25, 0.3) is 0 Å². The summed E-state index contributed by atoms with van der Waals surface area (Å²) >= 11 is 0. The number of nitrogens with zero attached hydrogens (tertiary/aromatic N) is 4. The van der Waals surface area contributed by atoms with E-state index in [0.717, 1.165) is 27.9 Å². The highest BCUT2D eigenvalue weighted by molar-refractivity contribution is 5.82. The van der Waals surface area contributed by atoms with Crippen LogP contribution >= 0.6 is 0 Å². The van der Waals surface area contributed by atoms with Gasteiger partial charge >= 0.3 is 5.97 Å². The second-order valence-electron chi connectivity index (χ2n) is 7.26. The Balaban J connectivity index is 1.75. The van der Waals surface area contributed by atoms with Crippen molar-refractivity contribution in [2.24, 2.45) is 0 Å². The van der Waals surface area contributed by atoms with Crippen LogP contribution in [0.15, 0.2) is 6.20 Å². The molecule has 8 nitrogen and oxygen atoms in total. The zero-order valence-electron chi connectivity index (χ0n) is 16.2. The van der Waals surface area contributed by atoms with E-state index >= 15 is 0 Å². The van der Waals surface area contributed by atoms with E-state index in [4.69, 9.17) is 14.8 Å². The zero-order chi connectivity index (χ0) is 19.7. The minimum atomic E-state index is -1.03. The minimum absolute atomic E-state index is 0.0543. The van der Waals surface area contributed by atoms with Crippen molar-refractivity contribution >= 4 is 22.9 Å². The first-order chi connectivity index (χ1) is 12.8. The predicted molar refractivity (Wildman–Crippen MR) is 99.7 cm³/mol. The van der Waals surface area contributed by atoms with Gasteiger partial charge in [-0.3, -0.25) is 4.79 Å². The molecule has 2 aromatic rings. The smallest absolute Gasteiger partial charge is 0.334 e. The van der Waals surface area contributed by atoms with E-state index in [1.54, 1.807) is 4.90 Å². The molecule has 1 atom stereocenters. The Hall–Kier alpha value is -2.48. The average Bonchev–Trinajstić information content (AvgIpc) is 3.05. The number of amides is 1. The first-order valence-corrected chi connectivity index (χ1v) is 9.25. The van der Waals surface area contributed by atoms with Gasteiger partial charge in [-0.2, -0.15) is 5.10 Å². The summed E-state index contributed by atoms with van der Waals surface area (Å²) in [6.45, 7) is 8.92. The number of carboxylic acid groups (broad SMARTS) is 1. The largest absolute Gasteiger partial charge is 0.479 e. The van der Waals surface area contributed by atoms with Crippen LogP contribution in [-0.4, -0.2) is 62.4 Å². The normalized spacial score (nSPS) is 17.7. The van der Waals surface area contributed by atoms with Crippen molar-refractivity contribution < 1.29 is 19.4 Å². The Morgan fingerprint density at radius 3 is 2.78 bits per heavy atom. The molecular formula is C19H26N4O4. The SMILES string of the molecule is Cc1nc2c(cnn2C(C)C)c(C)c1CCC(=O)N1CCO[C@H](C(=O)O)C1. The van der Waals surface area contributed by atoms with Gasteiger partial charge in [-0.05, 0) is 45.2 Å². The highest BCUT2D eigenvalue weighted by Crippen LogP contribution is 2.25. The molecule has 3 rings (SSSR count). The third kappa shape index (κ3) is 3.80. The highest BCUT2D eigenvalue weighted by atomic mass is 16.5. The Kier molecular flexibility index (Phi) is 5.46. The van der Waals surface area contributed by atoms with Gasteiger partial charge < -0.3 is 14.7 Å². The zero-order valence-corrected chi connectivity index (χ0v) is 16.2. The maximum atomic E-state index is 12.6. The van der Waals surface area contributed by atoms with E-state index in [-0.39, 0.29) is 25.1 Å². The fourth-order valence-electron chi connectivity index (χ4n) is 3.55. The summed E-state index contributed by atoms with van der Waals surface area (Å²) < 4.78 is 7.08. The molecule has 1 aliphatic heterocycles. The molecule has 1 N–H and O–H groups in total. The van der Waals surface area contributed by atoms with Crippen LogP contribution in [0.2, 0.25) is 0 Å². The van der Waals surface area contributed by atoms with Gasteiger partial charge in [0, 0.05) is 30.1 Å². The summed E-state index contributed by atoms with van der Waals surface area (Å²) in [4.78, 5) is 29.9. The Labute approximate surface area is 158 Å². The van der Waals surface area contributed by atoms with E-state index in [2.05, 4.69) is 18.9 Å². The van der Waals surface area contributed by atoms with Gasteiger partial charge in [0.15, 0.2) is 11.8 Å². The molecule has 2 aromatic heterocycles. The van der Waals surface area contributed by atoms with Crippen molar-refractivity contribution in [3.8, 4) is 0 Å². The van der Waals surface area contributed by atoms with Crippen LogP contribution in [-0.2, 0) is 20.7 Å². The fraction of sp³-hybridized carbons (Fsp3) is 0.579. The van der Waals surface area contributed by atoms with Crippen LogP contribution in [0.5, 0.6) is 0 Å². The van der Waals surface area contributed by atoms with Gasteiger partial charge in [-0.15, -0.1) is 0 Å². The molecule has 8 heteroatoms. The van der Waals surface area contributed by atoms with Crippen molar-refractivity contribution in [3.05, 3.63) is 23.0 Å². The summed E-state index contributed by atoms with van der Waals surface area (Å²) in [5, 5.41) is 14.5. The van der Waals surface area contributed by atoms with Gasteiger partial charge in [-0.25, -0.2) is 14.5 Å². The first-order valence-electron chi connectivity index (χ1n) is 9.25. The number of pyridine rings is 1. The van der Waals surface area contributed by atoms with E-state index < -0.39 is 12.1 Å². The van der Waals surface area contributed by atoms with Crippen molar-refractivity contribution in [1.82, 2.24) is 19.7 Å². The molecular weight excluding hydrogens is 348 g/mol. The number of aromatic nitrogens is 3. The summed E-state index contributed by atoms with van der Waals surface area (Å²) in [7, 11) is 0. The molecule has 0 radical (unpaired) electrons. The van der Waals surface area contributed by atoms with E-state index in [1.807, 2.05) is 24.7 Å². The number of morpholine rings is 1. The van der Waals surface area contributed by atoms with Crippen molar-refractivity contribution in [2.45, 2.75) is 52.7 Å². The third-order valence-corrected chi connectivity index (χ3v) is 5.11. The molecule has 1 aliphatic rings. The number of carbonyl (C=O) groups excluding carboxylic acids is 1. The number of aryl methyl sites for hydroxylation is 2. The average molecular weight is 374 g/mol. The number of hydrogen-bond acceptors (Lipinski definition) is 5. The monoisotopic (exact) mass is 374 g/mol. The molecule has 3 heterocycles. The van der Waals surface area contributed by atoms with Crippen LogP contribution < -0.4 is 0 Å². The number of rotatable bonds is 5. The Bertz CT molecular complexity index is 874. The second kappa shape index (κ2) is 7.64. The molecule has 1 saturated heterocycles. The lowest BCUT2D eigenvalue weighted by molar-refractivity contribution is -0.159. The highest BCUT2D eigenvalue weighted by Gasteiger charge is 2.29. The lowest BCUT2D eigenvalue weighted by atomic mass is 10.00. The topological polar surface area (TPSA) is 97.5 Å². The van der Waals surface area contributed by atoms with E-state index in [1.165, 1.54) is 0 Å². The minimum Gasteiger partial charge on any atom is -0.479 e. The molecule has 0 aromatic carbocycles. The van der Waals surface area contributed by atoms with E-state index in [9.17, 15) is 9.59 Å². The molecule has 27 heavy (non-hydrogen) atoms. The van der Waals surface area contributed by atoms with Crippen LogP contribution in [0.1, 0.15) is 43.1 Å². The maximum Gasteiger partial charge on any atom is 0.334 e. The number of carbonyl (C=O) groups is 2. The van der Waals surface area contributed by atoms with E-state index in [0.29, 0.717) is 19.4 Å². The molecule has 0 unspecified atom stereocenters. The van der Waals surface area contributed by atoms with Gasteiger partial charge in [0.05, 0.1) is 19.3 Å². The number of fused-ring (bicyclic) bond motifs is 1. The number of aliphatic carboxylic acids is 1. The molecule has 0 aliphatic carbocycles. The number of carboxylic acids is 1. The summed E-state index contributed by atoms with van der Waals surface area (Å²) in [6, 6.07) is 0.227. The molecule has 146 valence electrons. The van der Waals surface area contributed by atoms with Crippen molar-refractivity contribution in [1.29, 1.82) is 0 Å². The van der Waals surface area contributed by atoms with Crippen LogP contribution in [0.4, 0.5) is 0 Å². The number of ether oxygens (including phenoxy) is 1. The molecule has 1 fully saturated rings. The molecule has 0 spiro atoms. The Morgan fingerprint density at radius 2 is 2.11 bits per heavy atom. The predicted octanol–water partition coefficient (Wildman–Crippen LogP) is 1.87. The first kappa shape index (κ1) is 19.3. The molecule has 1 amide bonds. The van der Waals surface area contributed by atoms with Gasteiger partial charge in [0.2, 0.25) is 5.91 Å². The maximum absolute atomic E-state index is 12.6. The summed E-state index contributed by atoms with van der Waals surface area (Å²) in [5.41, 5.74) is 3.93. The number of hydrogen-bond donors (Lipinski definition) is 1. The van der Waals surface area contributed by atoms with Crippen molar-refractivity contribution in [3.63, 3.8) is 0 Å².